The molecule has 0 saturated heterocycles. The molecule has 96 valence electrons. The molecule has 0 spiro atoms. The third-order valence-electron chi connectivity index (χ3n) is 4.15. The van der Waals surface area contributed by atoms with Gasteiger partial charge >= 0.3 is 0 Å². The molecule has 2 rings (SSSR count). The van der Waals surface area contributed by atoms with Crippen molar-refractivity contribution in [3.8, 4) is 0 Å². The molecule has 1 heterocycles. The molecule has 1 fully saturated rings. The predicted molar refractivity (Wildman–Crippen MR) is 66.3 cm³/mol. The number of nitrogens with two attached hydrogens (primary N) is 1. The highest BCUT2D eigenvalue weighted by atomic mass is 15.5. The Labute approximate surface area is 103 Å². The van der Waals surface area contributed by atoms with Crippen LogP contribution in [0.1, 0.15) is 51.8 Å². The summed E-state index contributed by atoms with van der Waals surface area (Å²) in [5.41, 5.74) is 5.96. The fourth-order valence-electron chi connectivity index (χ4n) is 2.85. The van der Waals surface area contributed by atoms with E-state index in [-0.39, 0.29) is 5.41 Å². The van der Waals surface area contributed by atoms with Crippen molar-refractivity contribution in [1.82, 2.24) is 20.6 Å². The lowest BCUT2D eigenvalue weighted by Gasteiger charge is -2.14. The number of hydrogen-bond acceptors (Lipinski definition) is 4. The first kappa shape index (κ1) is 12.5. The maximum Gasteiger partial charge on any atom is 0.156 e. The molecule has 1 aromatic heterocycles. The highest BCUT2D eigenvalue weighted by Gasteiger charge is 2.56. The standard InChI is InChI=1S/C12H23N5/c1-3-4-5-9(2)6-10-7-12(10,8-13)11-14-16-17-15-11/h9-10H,3-8,13H2,1-2H3,(H,14,15,16,17). The average Bonchev–Trinajstić information content (AvgIpc) is 2.79. The van der Waals surface area contributed by atoms with Crippen molar-refractivity contribution in [2.45, 2.75) is 51.4 Å². The van der Waals surface area contributed by atoms with Crippen LogP contribution in [0.3, 0.4) is 0 Å². The van der Waals surface area contributed by atoms with E-state index in [0.29, 0.717) is 12.5 Å². The van der Waals surface area contributed by atoms with E-state index >= 15 is 0 Å². The molecule has 0 radical (unpaired) electrons. The first-order chi connectivity index (χ1) is 8.23. The van der Waals surface area contributed by atoms with E-state index in [1.54, 1.807) is 0 Å². The second-order valence-corrected chi connectivity index (χ2v) is 5.49. The summed E-state index contributed by atoms with van der Waals surface area (Å²) in [6, 6.07) is 0. The Morgan fingerprint density at radius 1 is 1.59 bits per heavy atom. The van der Waals surface area contributed by atoms with Gasteiger partial charge in [-0.05, 0) is 35.1 Å². The number of H-pyrrole nitrogens is 1. The molecule has 5 nitrogen and oxygen atoms in total. The van der Waals surface area contributed by atoms with Gasteiger partial charge in [-0.2, -0.15) is 0 Å². The topological polar surface area (TPSA) is 80.5 Å². The van der Waals surface area contributed by atoms with E-state index < -0.39 is 0 Å². The molecular weight excluding hydrogens is 214 g/mol. The summed E-state index contributed by atoms with van der Waals surface area (Å²) in [6.07, 6.45) is 6.31. The third-order valence-corrected chi connectivity index (χ3v) is 4.15. The molecule has 0 amide bonds. The number of aromatic amines is 1. The first-order valence-electron chi connectivity index (χ1n) is 6.67. The molecule has 0 aromatic carbocycles. The normalized spacial score (nSPS) is 29.2. The summed E-state index contributed by atoms with van der Waals surface area (Å²) in [5, 5.41) is 14.3. The Morgan fingerprint density at radius 3 is 3.00 bits per heavy atom. The van der Waals surface area contributed by atoms with Gasteiger partial charge in [0.2, 0.25) is 0 Å². The fourth-order valence-corrected chi connectivity index (χ4v) is 2.85. The molecular formula is C12H23N5. The maximum absolute atomic E-state index is 5.91. The quantitative estimate of drug-likeness (QED) is 0.755. The van der Waals surface area contributed by atoms with Crippen LogP contribution in [0.15, 0.2) is 0 Å². The second kappa shape index (κ2) is 5.12. The molecule has 3 N–H and O–H groups in total. The molecule has 1 aliphatic carbocycles. The lowest BCUT2D eigenvalue weighted by molar-refractivity contribution is 0.416. The summed E-state index contributed by atoms with van der Waals surface area (Å²) in [7, 11) is 0. The maximum atomic E-state index is 5.91. The Kier molecular flexibility index (Phi) is 3.76. The van der Waals surface area contributed by atoms with Crippen LogP contribution in [-0.4, -0.2) is 27.2 Å². The fraction of sp³-hybridized carbons (Fsp3) is 0.917. The van der Waals surface area contributed by atoms with Gasteiger partial charge in [-0.25, -0.2) is 5.10 Å². The number of aromatic nitrogens is 4. The van der Waals surface area contributed by atoms with Crippen molar-refractivity contribution in [1.29, 1.82) is 0 Å². The van der Waals surface area contributed by atoms with Crippen LogP contribution in [0.5, 0.6) is 0 Å². The summed E-state index contributed by atoms with van der Waals surface area (Å²) in [5.74, 6) is 2.33. The van der Waals surface area contributed by atoms with Gasteiger partial charge in [0.05, 0.1) is 0 Å². The summed E-state index contributed by atoms with van der Waals surface area (Å²) < 4.78 is 0. The smallest absolute Gasteiger partial charge is 0.156 e. The van der Waals surface area contributed by atoms with Crippen LogP contribution >= 0.6 is 0 Å². The largest absolute Gasteiger partial charge is 0.329 e. The van der Waals surface area contributed by atoms with Crippen molar-refractivity contribution >= 4 is 0 Å². The van der Waals surface area contributed by atoms with Gasteiger partial charge in [0, 0.05) is 12.0 Å². The van der Waals surface area contributed by atoms with Gasteiger partial charge in [0.25, 0.3) is 0 Å². The van der Waals surface area contributed by atoms with Gasteiger partial charge in [0.1, 0.15) is 0 Å². The molecule has 0 aliphatic heterocycles. The number of nitrogens with zero attached hydrogens (tertiary/aromatic N) is 3. The summed E-state index contributed by atoms with van der Waals surface area (Å²) >= 11 is 0. The van der Waals surface area contributed by atoms with Crippen molar-refractivity contribution in [3.05, 3.63) is 5.82 Å². The van der Waals surface area contributed by atoms with Gasteiger partial charge < -0.3 is 5.73 Å². The van der Waals surface area contributed by atoms with Crippen LogP contribution in [-0.2, 0) is 5.41 Å². The molecule has 1 aliphatic rings. The first-order valence-corrected chi connectivity index (χ1v) is 6.67. The van der Waals surface area contributed by atoms with Crippen LogP contribution in [0.25, 0.3) is 0 Å². The molecule has 1 aromatic rings. The lowest BCUT2D eigenvalue weighted by Crippen LogP contribution is -2.24. The minimum Gasteiger partial charge on any atom is -0.329 e. The van der Waals surface area contributed by atoms with Crippen molar-refractivity contribution < 1.29 is 0 Å². The van der Waals surface area contributed by atoms with Crippen molar-refractivity contribution in [2.24, 2.45) is 17.6 Å². The zero-order valence-corrected chi connectivity index (χ0v) is 10.8. The van der Waals surface area contributed by atoms with Gasteiger partial charge in [-0.15, -0.1) is 5.10 Å². The molecule has 3 unspecified atom stereocenters. The Bertz CT molecular complexity index is 337. The molecule has 0 bridgehead atoms. The minimum absolute atomic E-state index is 0.0456. The zero-order valence-electron chi connectivity index (χ0n) is 10.8. The molecule has 5 heteroatoms. The number of unbranched alkanes of at least 4 members (excludes halogenated alkanes) is 1. The second-order valence-electron chi connectivity index (χ2n) is 5.49. The van der Waals surface area contributed by atoms with Crippen LogP contribution in [0, 0.1) is 11.8 Å². The highest BCUT2D eigenvalue weighted by Crippen LogP contribution is 2.55. The number of rotatable bonds is 7. The van der Waals surface area contributed by atoms with E-state index in [1.807, 2.05) is 0 Å². The zero-order chi connectivity index (χ0) is 12.3. The molecule has 1 saturated carbocycles. The van der Waals surface area contributed by atoms with E-state index in [1.165, 1.54) is 25.7 Å². The Balaban J connectivity index is 1.89. The monoisotopic (exact) mass is 237 g/mol. The van der Waals surface area contributed by atoms with Gasteiger partial charge in [-0.3, -0.25) is 0 Å². The average molecular weight is 237 g/mol. The molecule has 3 atom stereocenters. The van der Waals surface area contributed by atoms with Crippen LogP contribution < -0.4 is 5.73 Å². The number of tetrazole rings is 1. The van der Waals surface area contributed by atoms with E-state index in [9.17, 15) is 0 Å². The van der Waals surface area contributed by atoms with Crippen molar-refractivity contribution in [2.75, 3.05) is 6.54 Å². The summed E-state index contributed by atoms with van der Waals surface area (Å²) in [6.45, 7) is 5.23. The number of nitrogens with one attached hydrogen (secondary N) is 1. The summed E-state index contributed by atoms with van der Waals surface area (Å²) in [4.78, 5) is 0. The van der Waals surface area contributed by atoms with E-state index in [2.05, 4.69) is 34.5 Å². The Morgan fingerprint density at radius 2 is 2.41 bits per heavy atom. The van der Waals surface area contributed by atoms with Crippen molar-refractivity contribution in [3.63, 3.8) is 0 Å². The third kappa shape index (κ3) is 2.49. The lowest BCUT2D eigenvalue weighted by atomic mass is 9.93. The van der Waals surface area contributed by atoms with Gasteiger partial charge in [-0.1, -0.05) is 33.1 Å². The van der Waals surface area contributed by atoms with Crippen LogP contribution in [0.4, 0.5) is 0 Å². The highest BCUT2D eigenvalue weighted by molar-refractivity contribution is 5.21. The van der Waals surface area contributed by atoms with E-state index in [0.717, 1.165) is 18.2 Å². The molecule has 17 heavy (non-hydrogen) atoms. The minimum atomic E-state index is 0.0456. The predicted octanol–water partition coefficient (Wildman–Crippen LogP) is 1.63. The Hall–Kier alpha value is -0.970. The van der Waals surface area contributed by atoms with Gasteiger partial charge in [0.15, 0.2) is 5.82 Å². The van der Waals surface area contributed by atoms with E-state index in [4.69, 9.17) is 5.73 Å². The number of hydrogen-bond donors (Lipinski definition) is 2. The van der Waals surface area contributed by atoms with Crippen LogP contribution in [0.2, 0.25) is 0 Å². The SMILES string of the molecule is CCCCC(C)CC1CC1(CN)c1nnn[nH]1.